The standard InChI is InChI=1S/C14H21NO3/c1-5-12(16)9-10-6-7-11(8-10)15-13(17)18-14(2,3)4/h1,10-11H,6-9H2,2-4H3,(H,15,17)/t10-,11+/m0/s1. The van der Waals surface area contributed by atoms with E-state index in [-0.39, 0.29) is 17.7 Å². The average molecular weight is 251 g/mol. The van der Waals surface area contributed by atoms with Crippen molar-refractivity contribution in [2.75, 3.05) is 0 Å². The number of ketones is 1. The molecule has 0 saturated heterocycles. The van der Waals surface area contributed by atoms with Gasteiger partial charge in [0.2, 0.25) is 5.78 Å². The van der Waals surface area contributed by atoms with E-state index in [9.17, 15) is 9.59 Å². The summed E-state index contributed by atoms with van der Waals surface area (Å²) in [5.41, 5.74) is -0.485. The van der Waals surface area contributed by atoms with Gasteiger partial charge in [0.25, 0.3) is 0 Å². The third kappa shape index (κ3) is 5.22. The van der Waals surface area contributed by atoms with Crippen LogP contribution in [0.4, 0.5) is 4.79 Å². The minimum atomic E-state index is -0.485. The molecule has 4 nitrogen and oxygen atoms in total. The first-order valence-electron chi connectivity index (χ1n) is 6.29. The Morgan fingerprint density at radius 2 is 2.06 bits per heavy atom. The van der Waals surface area contributed by atoms with Crippen LogP contribution in [0.3, 0.4) is 0 Å². The first kappa shape index (κ1) is 14.6. The van der Waals surface area contributed by atoms with E-state index in [1.54, 1.807) is 0 Å². The van der Waals surface area contributed by atoms with Gasteiger partial charge in [-0.3, -0.25) is 4.79 Å². The van der Waals surface area contributed by atoms with Crippen LogP contribution in [0.15, 0.2) is 0 Å². The lowest BCUT2D eigenvalue weighted by Gasteiger charge is -2.21. The zero-order valence-electron chi connectivity index (χ0n) is 11.3. The third-order valence-corrected chi connectivity index (χ3v) is 2.90. The highest BCUT2D eigenvalue weighted by Crippen LogP contribution is 2.28. The molecule has 0 aromatic heterocycles. The SMILES string of the molecule is C#CC(=O)C[C@H]1CC[C@@H](NC(=O)OC(C)(C)C)C1. The second kappa shape index (κ2) is 5.90. The van der Waals surface area contributed by atoms with Crippen LogP contribution in [0, 0.1) is 18.3 Å². The lowest BCUT2D eigenvalue weighted by atomic mass is 10.0. The number of ether oxygens (including phenoxy) is 1. The Morgan fingerprint density at radius 1 is 1.39 bits per heavy atom. The molecule has 0 aliphatic heterocycles. The smallest absolute Gasteiger partial charge is 0.407 e. The number of amides is 1. The number of rotatable bonds is 3. The van der Waals surface area contributed by atoms with Crippen LogP contribution in [0.5, 0.6) is 0 Å². The monoisotopic (exact) mass is 251 g/mol. The Morgan fingerprint density at radius 3 is 2.61 bits per heavy atom. The second-order valence-electron chi connectivity index (χ2n) is 5.79. The molecule has 0 unspecified atom stereocenters. The summed E-state index contributed by atoms with van der Waals surface area (Å²) in [6.45, 7) is 5.49. The summed E-state index contributed by atoms with van der Waals surface area (Å²) in [5.74, 6) is 2.26. The van der Waals surface area contributed by atoms with E-state index in [4.69, 9.17) is 11.2 Å². The third-order valence-electron chi connectivity index (χ3n) is 2.90. The van der Waals surface area contributed by atoms with Gasteiger partial charge >= 0.3 is 6.09 Å². The van der Waals surface area contributed by atoms with Crippen LogP contribution in [0.2, 0.25) is 0 Å². The molecule has 4 heteroatoms. The summed E-state index contributed by atoms with van der Waals surface area (Å²) in [7, 11) is 0. The van der Waals surface area contributed by atoms with Gasteiger partial charge in [-0.05, 0) is 51.9 Å². The molecule has 1 aliphatic carbocycles. The van der Waals surface area contributed by atoms with Crippen molar-refractivity contribution in [3.8, 4) is 12.3 Å². The summed E-state index contributed by atoms with van der Waals surface area (Å²) in [5, 5.41) is 2.83. The molecule has 1 N–H and O–H groups in total. The van der Waals surface area contributed by atoms with Crippen molar-refractivity contribution in [2.45, 2.75) is 58.1 Å². The van der Waals surface area contributed by atoms with Crippen LogP contribution in [0.25, 0.3) is 0 Å². The fraction of sp³-hybridized carbons (Fsp3) is 0.714. The van der Waals surface area contributed by atoms with E-state index in [0.29, 0.717) is 6.42 Å². The minimum absolute atomic E-state index is 0.0930. The zero-order chi connectivity index (χ0) is 13.8. The Kier molecular flexibility index (Phi) is 4.77. The van der Waals surface area contributed by atoms with Crippen molar-refractivity contribution >= 4 is 11.9 Å². The van der Waals surface area contributed by atoms with Gasteiger partial charge in [-0.2, -0.15) is 0 Å². The Hall–Kier alpha value is -1.50. The number of hydrogen-bond donors (Lipinski definition) is 1. The quantitative estimate of drug-likeness (QED) is 0.618. The predicted octanol–water partition coefficient (Wildman–Crippen LogP) is 2.27. The summed E-state index contributed by atoms with van der Waals surface area (Å²) in [6.07, 6.45) is 7.67. The van der Waals surface area contributed by atoms with Crippen molar-refractivity contribution in [3.63, 3.8) is 0 Å². The minimum Gasteiger partial charge on any atom is -0.444 e. The molecule has 1 aliphatic rings. The molecule has 1 rings (SSSR count). The highest BCUT2D eigenvalue weighted by Gasteiger charge is 2.28. The first-order chi connectivity index (χ1) is 8.30. The molecule has 100 valence electrons. The molecule has 1 fully saturated rings. The van der Waals surface area contributed by atoms with Gasteiger partial charge in [0, 0.05) is 12.5 Å². The van der Waals surface area contributed by atoms with E-state index >= 15 is 0 Å². The van der Waals surface area contributed by atoms with Gasteiger partial charge in [0.05, 0.1) is 0 Å². The molecule has 1 saturated carbocycles. The number of hydrogen-bond acceptors (Lipinski definition) is 3. The topological polar surface area (TPSA) is 55.4 Å². The van der Waals surface area contributed by atoms with Crippen molar-refractivity contribution < 1.29 is 14.3 Å². The van der Waals surface area contributed by atoms with Crippen LogP contribution in [-0.4, -0.2) is 23.5 Å². The molecule has 0 aromatic carbocycles. The van der Waals surface area contributed by atoms with Crippen molar-refractivity contribution in [3.05, 3.63) is 0 Å². The summed E-state index contributed by atoms with van der Waals surface area (Å²) >= 11 is 0. The lowest BCUT2D eigenvalue weighted by Crippen LogP contribution is -2.38. The maximum atomic E-state index is 11.6. The van der Waals surface area contributed by atoms with Crippen molar-refractivity contribution in [1.29, 1.82) is 0 Å². The largest absolute Gasteiger partial charge is 0.444 e. The number of alkyl carbamates (subject to hydrolysis) is 1. The predicted molar refractivity (Wildman–Crippen MR) is 69.0 cm³/mol. The highest BCUT2D eigenvalue weighted by molar-refractivity contribution is 5.94. The van der Waals surface area contributed by atoms with E-state index in [0.717, 1.165) is 19.3 Å². The number of Topliss-reactive ketones (excluding diaryl/α,β-unsaturated/α-hetero) is 1. The molecule has 18 heavy (non-hydrogen) atoms. The second-order valence-corrected chi connectivity index (χ2v) is 5.79. The molecule has 0 spiro atoms. The Balaban J connectivity index is 2.33. The molecular weight excluding hydrogens is 230 g/mol. The van der Waals surface area contributed by atoms with Gasteiger partial charge in [-0.25, -0.2) is 4.79 Å². The first-order valence-corrected chi connectivity index (χ1v) is 6.29. The van der Waals surface area contributed by atoms with Gasteiger partial charge in [0.15, 0.2) is 0 Å². The van der Waals surface area contributed by atoms with Crippen LogP contribution < -0.4 is 5.32 Å². The van der Waals surface area contributed by atoms with Gasteiger partial charge < -0.3 is 10.1 Å². The molecule has 0 aromatic rings. The fourth-order valence-electron chi connectivity index (χ4n) is 2.19. The molecule has 0 radical (unpaired) electrons. The number of carbonyl (C=O) groups excluding carboxylic acids is 2. The van der Waals surface area contributed by atoms with Gasteiger partial charge in [0.1, 0.15) is 5.60 Å². The van der Waals surface area contributed by atoms with Gasteiger partial charge in [-0.15, -0.1) is 6.42 Å². The molecular formula is C14H21NO3. The number of terminal acetylenes is 1. The van der Waals surface area contributed by atoms with Gasteiger partial charge in [-0.1, -0.05) is 0 Å². The van der Waals surface area contributed by atoms with Crippen LogP contribution >= 0.6 is 0 Å². The van der Waals surface area contributed by atoms with E-state index < -0.39 is 11.7 Å². The maximum absolute atomic E-state index is 11.6. The lowest BCUT2D eigenvalue weighted by molar-refractivity contribution is -0.114. The number of nitrogens with one attached hydrogen (secondary N) is 1. The number of carbonyl (C=O) groups is 2. The Labute approximate surface area is 108 Å². The highest BCUT2D eigenvalue weighted by atomic mass is 16.6. The summed E-state index contributed by atoms with van der Waals surface area (Å²) < 4.78 is 5.19. The van der Waals surface area contributed by atoms with E-state index in [1.807, 2.05) is 20.8 Å². The zero-order valence-corrected chi connectivity index (χ0v) is 11.3. The summed E-state index contributed by atoms with van der Waals surface area (Å²) in [6, 6.07) is 0.0930. The molecule has 0 heterocycles. The summed E-state index contributed by atoms with van der Waals surface area (Å²) in [4.78, 5) is 22.7. The average Bonchev–Trinajstić information content (AvgIpc) is 2.62. The molecule has 0 bridgehead atoms. The van der Waals surface area contributed by atoms with Crippen molar-refractivity contribution in [1.82, 2.24) is 5.32 Å². The van der Waals surface area contributed by atoms with E-state index in [2.05, 4.69) is 11.2 Å². The normalized spacial score (nSPS) is 23.2. The fourth-order valence-corrected chi connectivity index (χ4v) is 2.19. The molecule has 1 amide bonds. The molecule has 2 atom stereocenters. The van der Waals surface area contributed by atoms with Crippen molar-refractivity contribution in [2.24, 2.45) is 5.92 Å². The van der Waals surface area contributed by atoms with Crippen LogP contribution in [0.1, 0.15) is 46.5 Å². The van der Waals surface area contributed by atoms with E-state index in [1.165, 1.54) is 0 Å². The maximum Gasteiger partial charge on any atom is 0.407 e. The Bertz CT molecular complexity index is 362. The van der Waals surface area contributed by atoms with Crippen LogP contribution in [-0.2, 0) is 9.53 Å².